The quantitative estimate of drug-likeness (QED) is 0.302. The van der Waals surface area contributed by atoms with Crippen molar-refractivity contribution in [3.63, 3.8) is 0 Å². The summed E-state index contributed by atoms with van der Waals surface area (Å²) in [5, 5.41) is 2.44. The van der Waals surface area contributed by atoms with Crippen LogP contribution in [-0.4, -0.2) is 19.1 Å². The van der Waals surface area contributed by atoms with Gasteiger partial charge in [-0.1, -0.05) is 44.7 Å². The Morgan fingerprint density at radius 3 is 2.40 bits per heavy atom. The molecule has 0 heterocycles. The molecular weight excluding hydrogens is 332 g/mol. The van der Waals surface area contributed by atoms with Gasteiger partial charge in [0, 0.05) is 5.88 Å². The molecule has 0 spiro atoms. The van der Waals surface area contributed by atoms with E-state index in [1.54, 1.807) is 0 Å². The summed E-state index contributed by atoms with van der Waals surface area (Å²) in [6, 6.07) is 10.6. The number of hydrogen-bond donors (Lipinski definition) is 0. The molecule has 2 aromatic carbocycles. The molecule has 0 N–H and O–H groups in total. The van der Waals surface area contributed by atoms with Crippen LogP contribution < -0.4 is 9.47 Å². The maximum atomic E-state index is 5.98. The van der Waals surface area contributed by atoms with E-state index in [4.69, 9.17) is 21.1 Å². The highest BCUT2D eigenvalue weighted by atomic mass is 35.5. The van der Waals surface area contributed by atoms with Gasteiger partial charge in [-0.3, -0.25) is 0 Å². The molecule has 2 aromatic rings. The zero-order chi connectivity index (χ0) is 17.9. The van der Waals surface area contributed by atoms with Gasteiger partial charge < -0.3 is 9.47 Å². The van der Waals surface area contributed by atoms with Crippen molar-refractivity contribution in [2.24, 2.45) is 0 Å². The van der Waals surface area contributed by atoms with E-state index in [-0.39, 0.29) is 0 Å². The second-order valence-electron chi connectivity index (χ2n) is 6.58. The largest absolute Gasteiger partial charge is 0.494 e. The highest BCUT2D eigenvalue weighted by molar-refractivity contribution is 6.17. The Labute approximate surface area is 157 Å². The van der Waals surface area contributed by atoms with Crippen LogP contribution in [-0.2, 0) is 0 Å². The summed E-state index contributed by atoms with van der Waals surface area (Å²) in [4.78, 5) is 0. The summed E-state index contributed by atoms with van der Waals surface area (Å²) < 4.78 is 11.8. The lowest BCUT2D eigenvalue weighted by molar-refractivity contribution is 0.303. The van der Waals surface area contributed by atoms with Gasteiger partial charge in [0.1, 0.15) is 11.5 Å². The van der Waals surface area contributed by atoms with Gasteiger partial charge >= 0.3 is 0 Å². The standard InChI is InChI=1S/C22H31ClO2/c1-3-4-8-15-24-20-11-12-21-18(2)22(13-10-19(21)17-20)25-16-9-6-5-7-14-23/h10-13,17H,3-9,14-16H2,1-2H3. The first-order chi connectivity index (χ1) is 12.3. The molecule has 0 unspecified atom stereocenters. The van der Waals surface area contributed by atoms with Gasteiger partial charge in [-0.2, -0.15) is 0 Å². The molecule has 0 aromatic heterocycles. The highest BCUT2D eigenvalue weighted by Gasteiger charge is 2.06. The van der Waals surface area contributed by atoms with Gasteiger partial charge in [0.2, 0.25) is 0 Å². The maximum absolute atomic E-state index is 5.98. The smallest absolute Gasteiger partial charge is 0.122 e. The van der Waals surface area contributed by atoms with Crippen LogP contribution in [0.15, 0.2) is 30.3 Å². The Morgan fingerprint density at radius 1 is 0.840 bits per heavy atom. The predicted molar refractivity (Wildman–Crippen MR) is 108 cm³/mol. The van der Waals surface area contributed by atoms with E-state index in [0.29, 0.717) is 0 Å². The fourth-order valence-electron chi connectivity index (χ4n) is 2.96. The molecule has 0 atom stereocenters. The Morgan fingerprint density at radius 2 is 1.60 bits per heavy atom. The van der Waals surface area contributed by atoms with Gasteiger partial charge in [-0.25, -0.2) is 0 Å². The molecule has 3 heteroatoms. The van der Waals surface area contributed by atoms with Crippen LogP contribution in [0.1, 0.15) is 57.4 Å². The second-order valence-corrected chi connectivity index (χ2v) is 6.96. The third kappa shape index (κ3) is 6.43. The van der Waals surface area contributed by atoms with Crippen molar-refractivity contribution in [1.82, 2.24) is 0 Å². The summed E-state index contributed by atoms with van der Waals surface area (Å²) in [5.41, 5.74) is 1.20. The normalized spacial score (nSPS) is 11.0. The SMILES string of the molecule is CCCCCOc1ccc2c(C)c(OCCCCCCCl)ccc2c1. The number of aryl methyl sites for hydroxylation is 1. The maximum Gasteiger partial charge on any atom is 0.122 e. The van der Waals surface area contributed by atoms with Gasteiger partial charge in [0.15, 0.2) is 0 Å². The molecule has 0 amide bonds. The van der Waals surface area contributed by atoms with E-state index in [9.17, 15) is 0 Å². The first kappa shape index (κ1) is 19.9. The molecule has 2 rings (SSSR count). The molecule has 0 bridgehead atoms. The average molecular weight is 363 g/mol. The number of alkyl halides is 1. The van der Waals surface area contributed by atoms with E-state index in [1.165, 1.54) is 42.0 Å². The summed E-state index contributed by atoms with van der Waals surface area (Å²) in [6.07, 6.45) is 8.10. The van der Waals surface area contributed by atoms with Crippen LogP contribution in [0.4, 0.5) is 0 Å². The molecular formula is C22H31ClO2. The molecule has 2 nitrogen and oxygen atoms in total. The number of halogens is 1. The Kier molecular flexibility index (Phi) is 8.96. The van der Waals surface area contributed by atoms with E-state index in [0.717, 1.165) is 49.9 Å². The molecule has 0 saturated heterocycles. The minimum Gasteiger partial charge on any atom is -0.494 e. The van der Waals surface area contributed by atoms with Crippen LogP contribution in [0.25, 0.3) is 10.8 Å². The fraction of sp³-hybridized carbons (Fsp3) is 0.545. The fourth-order valence-corrected chi connectivity index (χ4v) is 3.15. The van der Waals surface area contributed by atoms with Crippen molar-refractivity contribution < 1.29 is 9.47 Å². The minimum absolute atomic E-state index is 0.759. The van der Waals surface area contributed by atoms with Crippen molar-refractivity contribution in [3.8, 4) is 11.5 Å². The van der Waals surface area contributed by atoms with Crippen molar-refractivity contribution in [2.75, 3.05) is 19.1 Å². The lowest BCUT2D eigenvalue weighted by atomic mass is 10.0. The van der Waals surface area contributed by atoms with Gasteiger partial charge in [-0.15, -0.1) is 11.6 Å². The number of ether oxygens (including phenoxy) is 2. The third-order valence-electron chi connectivity index (χ3n) is 4.51. The molecule has 0 fully saturated rings. The molecule has 0 saturated carbocycles. The Hall–Kier alpha value is -1.41. The predicted octanol–water partition coefficient (Wildman–Crippen LogP) is 6.90. The van der Waals surface area contributed by atoms with Gasteiger partial charge in [-0.05, 0) is 60.7 Å². The topological polar surface area (TPSA) is 18.5 Å². The van der Waals surface area contributed by atoms with E-state index < -0.39 is 0 Å². The van der Waals surface area contributed by atoms with Crippen LogP contribution >= 0.6 is 11.6 Å². The zero-order valence-corrected chi connectivity index (χ0v) is 16.4. The van der Waals surface area contributed by atoms with Crippen LogP contribution in [0.3, 0.4) is 0 Å². The molecule has 0 aliphatic heterocycles. The van der Waals surface area contributed by atoms with Crippen molar-refractivity contribution in [1.29, 1.82) is 0 Å². The average Bonchev–Trinajstić information content (AvgIpc) is 2.63. The number of benzene rings is 2. The lowest BCUT2D eigenvalue weighted by Crippen LogP contribution is -2.00. The minimum atomic E-state index is 0.759. The Balaban J connectivity index is 1.92. The van der Waals surface area contributed by atoms with Gasteiger partial charge in [0.05, 0.1) is 13.2 Å². The number of unbranched alkanes of at least 4 members (excludes halogenated alkanes) is 5. The van der Waals surface area contributed by atoms with Crippen molar-refractivity contribution >= 4 is 22.4 Å². The number of fused-ring (bicyclic) bond motifs is 1. The monoisotopic (exact) mass is 362 g/mol. The third-order valence-corrected chi connectivity index (χ3v) is 4.78. The van der Waals surface area contributed by atoms with Crippen LogP contribution in [0, 0.1) is 6.92 Å². The Bertz CT molecular complexity index is 639. The summed E-state index contributed by atoms with van der Waals surface area (Å²) in [7, 11) is 0. The van der Waals surface area contributed by atoms with Crippen LogP contribution in [0.5, 0.6) is 11.5 Å². The van der Waals surface area contributed by atoms with E-state index >= 15 is 0 Å². The summed E-state index contributed by atoms with van der Waals surface area (Å²) in [5.74, 6) is 2.70. The molecule has 25 heavy (non-hydrogen) atoms. The number of rotatable bonds is 12. The second kappa shape index (κ2) is 11.3. The molecule has 138 valence electrons. The van der Waals surface area contributed by atoms with Crippen LogP contribution in [0.2, 0.25) is 0 Å². The number of hydrogen-bond acceptors (Lipinski definition) is 2. The van der Waals surface area contributed by atoms with Crippen molar-refractivity contribution in [3.05, 3.63) is 35.9 Å². The first-order valence-electron chi connectivity index (χ1n) is 9.61. The van der Waals surface area contributed by atoms with E-state index in [1.807, 2.05) is 0 Å². The summed E-state index contributed by atoms with van der Waals surface area (Å²) in [6.45, 7) is 5.90. The first-order valence-corrected chi connectivity index (χ1v) is 10.1. The highest BCUT2D eigenvalue weighted by Crippen LogP contribution is 2.30. The lowest BCUT2D eigenvalue weighted by Gasteiger charge is -2.13. The summed E-state index contributed by atoms with van der Waals surface area (Å²) >= 11 is 5.70. The van der Waals surface area contributed by atoms with Crippen molar-refractivity contribution in [2.45, 2.75) is 58.8 Å². The molecule has 0 aliphatic carbocycles. The zero-order valence-electron chi connectivity index (χ0n) is 15.7. The molecule has 0 radical (unpaired) electrons. The van der Waals surface area contributed by atoms with E-state index in [2.05, 4.69) is 44.2 Å². The van der Waals surface area contributed by atoms with Gasteiger partial charge in [0.25, 0.3) is 0 Å². The molecule has 0 aliphatic rings.